The molecule has 2 aliphatic heterocycles. The van der Waals surface area contributed by atoms with E-state index in [-0.39, 0.29) is 23.8 Å². The summed E-state index contributed by atoms with van der Waals surface area (Å²) in [6.07, 6.45) is 2.67. The summed E-state index contributed by atoms with van der Waals surface area (Å²) in [4.78, 5) is 29.0. The van der Waals surface area contributed by atoms with Gasteiger partial charge < -0.3 is 14.2 Å². The predicted octanol–water partition coefficient (Wildman–Crippen LogP) is 2.28. The van der Waals surface area contributed by atoms with Gasteiger partial charge in [-0.25, -0.2) is 0 Å². The van der Waals surface area contributed by atoms with Crippen molar-refractivity contribution in [2.24, 2.45) is 0 Å². The molecule has 1 aromatic heterocycles. The summed E-state index contributed by atoms with van der Waals surface area (Å²) in [6.45, 7) is 3.60. The van der Waals surface area contributed by atoms with Gasteiger partial charge in [0.05, 0.1) is 0 Å². The van der Waals surface area contributed by atoms with Crippen LogP contribution in [0.25, 0.3) is 0 Å². The Hall–Kier alpha value is -2.70. The second-order valence-electron chi connectivity index (χ2n) is 7.32. The Balaban J connectivity index is 1.39. The standard InChI is InChI=1S/C20H24N4O3/c1-14-21-22-19(27-14)16-9-11-23(12-10-16)20(26)17-7-8-18(25)24(17)13-15-5-3-2-4-6-15/h2-6,16-17H,7-13H2,1H3. The first kappa shape index (κ1) is 17.7. The Labute approximate surface area is 158 Å². The van der Waals surface area contributed by atoms with Crippen LogP contribution in [0.5, 0.6) is 0 Å². The highest BCUT2D eigenvalue weighted by Crippen LogP contribution is 2.29. The fourth-order valence-electron chi connectivity index (χ4n) is 4.00. The molecular weight excluding hydrogens is 344 g/mol. The van der Waals surface area contributed by atoms with Gasteiger partial charge in [-0.3, -0.25) is 9.59 Å². The molecule has 2 amide bonds. The molecule has 142 valence electrons. The molecule has 2 saturated heterocycles. The van der Waals surface area contributed by atoms with Crippen LogP contribution in [0, 0.1) is 6.92 Å². The number of hydrogen-bond donors (Lipinski definition) is 0. The highest BCUT2D eigenvalue weighted by atomic mass is 16.4. The molecule has 0 bridgehead atoms. The Morgan fingerprint density at radius 3 is 2.56 bits per heavy atom. The van der Waals surface area contributed by atoms with Crippen molar-refractivity contribution in [1.82, 2.24) is 20.0 Å². The minimum Gasteiger partial charge on any atom is -0.425 e. The van der Waals surface area contributed by atoms with Crippen LogP contribution in [0.3, 0.4) is 0 Å². The third kappa shape index (κ3) is 3.72. The van der Waals surface area contributed by atoms with E-state index in [2.05, 4.69) is 10.2 Å². The molecule has 3 heterocycles. The van der Waals surface area contributed by atoms with Crippen LogP contribution in [0.2, 0.25) is 0 Å². The van der Waals surface area contributed by atoms with Crippen LogP contribution in [-0.2, 0) is 16.1 Å². The van der Waals surface area contributed by atoms with Crippen molar-refractivity contribution in [3.8, 4) is 0 Å². The third-order valence-corrected chi connectivity index (χ3v) is 5.51. The van der Waals surface area contributed by atoms with Crippen LogP contribution in [0.15, 0.2) is 34.7 Å². The molecule has 0 saturated carbocycles. The summed E-state index contributed by atoms with van der Waals surface area (Å²) in [5.74, 6) is 1.58. The van der Waals surface area contributed by atoms with Crippen molar-refractivity contribution in [3.63, 3.8) is 0 Å². The van der Waals surface area contributed by atoms with Crippen LogP contribution < -0.4 is 0 Å². The van der Waals surface area contributed by atoms with E-state index in [1.165, 1.54) is 0 Å². The Morgan fingerprint density at radius 2 is 1.89 bits per heavy atom. The number of amides is 2. The summed E-state index contributed by atoms with van der Waals surface area (Å²) >= 11 is 0. The van der Waals surface area contributed by atoms with Gasteiger partial charge in [-0.05, 0) is 24.8 Å². The van der Waals surface area contributed by atoms with Gasteiger partial charge in [0.1, 0.15) is 6.04 Å². The summed E-state index contributed by atoms with van der Waals surface area (Å²) < 4.78 is 5.54. The zero-order chi connectivity index (χ0) is 18.8. The minimum atomic E-state index is -0.347. The van der Waals surface area contributed by atoms with E-state index in [1.54, 1.807) is 11.8 Å². The van der Waals surface area contributed by atoms with E-state index in [0.717, 1.165) is 18.4 Å². The van der Waals surface area contributed by atoms with Gasteiger partial charge in [0.15, 0.2) is 0 Å². The molecule has 7 nitrogen and oxygen atoms in total. The molecule has 27 heavy (non-hydrogen) atoms. The Morgan fingerprint density at radius 1 is 1.15 bits per heavy atom. The minimum absolute atomic E-state index is 0.0634. The monoisotopic (exact) mass is 368 g/mol. The van der Waals surface area contributed by atoms with E-state index in [4.69, 9.17) is 4.42 Å². The summed E-state index contributed by atoms with van der Waals surface area (Å²) in [6, 6.07) is 9.50. The molecule has 2 fully saturated rings. The van der Waals surface area contributed by atoms with E-state index in [0.29, 0.717) is 44.3 Å². The van der Waals surface area contributed by atoms with Gasteiger partial charge >= 0.3 is 0 Å². The maximum Gasteiger partial charge on any atom is 0.245 e. The molecule has 0 aliphatic carbocycles. The van der Waals surface area contributed by atoms with Crippen LogP contribution >= 0.6 is 0 Å². The largest absolute Gasteiger partial charge is 0.425 e. The number of rotatable bonds is 4. The van der Waals surface area contributed by atoms with E-state index in [9.17, 15) is 9.59 Å². The van der Waals surface area contributed by atoms with E-state index in [1.807, 2.05) is 35.2 Å². The predicted molar refractivity (Wildman–Crippen MR) is 97.6 cm³/mol. The summed E-state index contributed by atoms with van der Waals surface area (Å²) in [7, 11) is 0. The molecule has 2 aromatic rings. The number of piperidine rings is 1. The number of carbonyl (C=O) groups excluding carboxylic acids is 2. The first-order chi connectivity index (χ1) is 13.1. The number of aryl methyl sites for hydroxylation is 1. The van der Waals surface area contributed by atoms with Gasteiger partial charge in [-0.1, -0.05) is 30.3 Å². The quantitative estimate of drug-likeness (QED) is 0.827. The molecule has 4 rings (SSSR count). The van der Waals surface area contributed by atoms with Gasteiger partial charge in [0.25, 0.3) is 0 Å². The van der Waals surface area contributed by atoms with E-state index >= 15 is 0 Å². The number of nitrogens with zero attached hydrogens (tertiary/aromatic N) is 4. The number of likely N-dealkylation sites (tertiary alicyclic amines) is 2. The molecule has 1 unspecified atom stereocenters. The lowest BCUT2D eigenvalue weighted by Gasteiger charge is -2.34. The summed E-state index contributed by atoms with van der Waals surface area (Å²) in [5, 5.41) is 8.01. The lowest BCUT2D eigenvalue weighted by molar-refractivity contribution is -0.142. The van der Waals surface area contributed by atoms with Gasteiger partial charge in [-0.15, -0.1) is 10.2 Å². The summed E-state index contributed by atoms with van der Waals surface area (Å²) in [5.41, 5.74) is 1.05. The van der Waals surface area contributed by atoms with Crippen LogP contribution in [0.1, 0.15) is 48.9 Å². The zero-order valence-electron chi connectivity index (χ0n) is 15.5. The zero-order valence-corrected chi connectivity index (χ0v) is 15.5. The number of aromatic nitrogens is 2. The molecule has 0 radical (unpaired) electrons. The first-order valence-electron chi connectivity index (χ1n) is 9.54. The van der Waals surface area contributed by atoms with Gasteiger partial charge in [0, 0.05) is 38.9 Å². The van der Waals surface area contributed by atoms with Crippen molar-refractivity contribution in [2.75, 3.05) is 13.1 Å². The van der Waals surface area contributed by atoms with Crippen molar-refractivity contribution in [1.29, 1.82) is 0 Å². The third-order valence-electron chi connectivity index (χ3n) is 5.51. The number of benzene rings is 1. The maximum absolute atomic E-state index is 13.1. The Kier molecular flexibility index (Phi) is 4.92. The normalized spacial score (nSPS) is 21.1. The molecule has 0 N–H and O–H groups in total. The second-order valence-corrected chi connectivity index (χ2v) is 7.32. The second kappa shape index (κ2) is 7.50. The van der Waals surface area contributed by atoms with Crippen molar-refractivity contribution < 1.29 is 14.0 Å². The van der Waals surface area contributed by atoms with Gasteiger partial charge in [-0.2, -0.15) is 0 Å². The Bertz CT molecular complexity index is 812. The van der Waals surface area contributed by atoms with E-state index < -0.39 is 0 Å². The highest BCUT2D eigenvalue weighted by molar-refractivity contribution is 5.91. The maximum atomic E-state index is 13.1. The molecule has 7 heteroatoms. The highest BCUT2D eigenvalue weighted by Gasteiger charge is 2.39. The smallest absolute Gasteiger partial charge is 0.245 e. The lowest BCUT2D eigenvalue weighted by Crippen LogP contribution is -2.48. The number of hydrogen-bond acceptors (Lipinski definition) is 5. The molecule has 2 aliphatic rings. The average Bonchev–Trinajstić information content (AvgIpc) is 3.29. The number of carbonyl (C=O) groups is 2. The lowest BCUT2D eigenvalue weighted by atomic mass is 9.96. The van der Waals surface area contributed by atoms with Crippen molar-refractivity contribution in [3.05, 3.63) is 47.7 Å². The molecular formula is C20H24N4O3. The van der Waals surface area contributed by atoms with Gasteiger partial charge in [0.2, 0.25) is 23.6 Å². The molecule has 1 atom stereocenters. The molecule has 1 aromatic carbocycles. The van der Waals surface area contributed by atoms with Crippen LogP contribution in [0.4, 0.5) is 0 Å². The van der Waals surface area contributed by atoms with Crippen LogP contribution in [-0.4, -0.2) is 50.9 Å². The average molecular weight is 368 g/mol. The molecule has 0 spiro atoms. The fraction of sp³-hybridized carbons (Fsp3) is 0.500. The first-order valence-corrected chi connectivity index (χ1v) is 9.54. The SMILES string of the molecule is Cc1nnc(C2CCN(C(=O)C3CCC(=O)N3Cc3ccccc3)CC2)o1. The fourth-order valence-corrected chi connectivity index (χ4v) is 4.00. The van der Waals surface area contributed by atoms with Crippen molar-refractivity contribution in [2.45, 2.75) is 51.1 Å². The van der Waals surface area contributed by atoms with Crippen molar-refractivity contribution >= 4 is 11.8 Å². The topological polar surface area (TPSA) is 79.5 Å².